The summed E-state index contributed by atoms with van der Waals surface area (Å²) in [5.74, 6) is 0.539. The van der Waals surface area contributed by atoms with E-state index < -0.39 is 0 Å². The quantitative estimate of drug-likeness (QED) is 0.453. The summed E-state index contributed by atoms with van der Waals surface area (Å²) < 4.78 is 5.76. The van der Waals surface area contributed by atoms with Gasteiger partial charge in [0.2, 0.25) is 0 Å². The predicted molar refractivity (Wildman–Crippen MR) is 118 cm³/mol. The number of pyridine rings is 1. The summed E-state index contributed by atoms with van der Waals surface area (Å²) in [6.07, 6.45) is 0. The summed E-state index contributed by atoms with van der Waals surface area (Å²) in [6.45, 7) is 2.12. The maximum atomic E-state index is 12.9. The van der Waals surface area contributed by atoms with Crippen LogP contribution >= 0.6 is 0 Å². The molecular formula is C24H21N3O3. The van der Waals surface area contributed by atoms with Gasteiger partial charge in [-0.2, -0.15) is 0 Å². The number of carbonyl (C=O) groups excluding carboxylic acids is 1. The Kier molecular flexibility index (Phi) is 5.22. The molecule has 4 aromatic rings. The highest BCUT2D eigenvalue weighted by molar-refractivity contribution is 6.06. The van der Waals surface area contributed by atoms with Crippen molar-refractivity contribution >= 4 is 28.2 Å². The number of amides is 1. The van der Waals surface area contributed by atoms with Crippen LogP contribution in [0.2, 0.25) is 0 Å². The van der Waals surface area contributed by atoms with Gasteiger partial charge in [0.1, 0.15) is 18.1 Å². The van der Waals surface area contributed by atoms with Gasteiger partial charge in [0.15, 0.2) is 0 Å². The molecule has 0 aliphatic heterocycles. The topological polar surface area (TPSA) is 97.5 Å². The van der Waals surface area contributed by atoms with Crippen LogP contribution in [-0.2, 0) is 6.61 Å². The minimum absolute atomic E-state index is 0.170. The smallest absolute Gasteiger partial charge is 0.256 e. The molecule has 0 unspecified atom stereocenters. The Hall–Kier alpha value is -4.06. The van der Waals surface area contributed by atoms with Crippen LogP contribution in [0.4, 0.5) is 11.4 Å². The molecule has 0 saturated carbocycles. The molecule has 0 radical (unpaired) electrons. The number of fused-ring (bicyclic) bond motifs is 1. The maximum Gasteiger partial charge on any atom is 0.256 e. The number of phenolic OH excluding ortho intramolecular Hbond substituents is 1. The van der Waals surface area contributed by atoms with Gasteiger partial charge < -0.3 is 20.9 Å². The molecule has 0 fully saturated rings. The molecule has 6 nitrogen and oxygen atoms in total. The molecule has 0 aliphatic rings. The van der Waals surface area contributed by atoms with Crippen molar-refractivity contribution in [2.24, 2.45) is 0 Å². The van der Waals surface area contributed by atoms with E-state index in [9.17, 15) is 9.90 Å². The van der Waals surface area contributed by atoms with Gasteiger partial charge in [0.05, 0.1) is 5.52 Å². The molecule has 0 atom stereocenters. The number of nitrogen functional groups attached to an aromatic ring is 1. The Morgan fingerprint density at radius 3 is 2.63 bits per heavy atom. The van der Waals surface area contributed by atoms with Gasteiger partial charge >= 0.3 is 0 Å². The molecule has 1 heterocycles. The number of ether oxygens (including phenoxy) is 1. The fraction of sp³-hybridized carbons (Fsp3) is 0.0833. The van der Waals surface area contributed by atoms with Crippen LogP contribution in [0, 0.1) is 6.92 Å². The van der Waals surface area contributed by atoms with Crippen LogP contribution in [0.25, 0.3) is 10.9 Å². The Bertz CT molecular complexity index is 1220. The van der Waals surface area contributed by atoms with Crippen LogP contribution in [0.1, 0.15) is 21.6 Å². The van der Waals surface area contributed by atoms with Crippen molar-refractivity contribution in [2.45, 2.75) is 13.5 Å². The lowest BCUT2D eigenvalue weighted by atomic mass is 10.1. The Morgan fingerprint density at radius 1 is 1.07 bits per heavy atom. The summed E-state index contributed by atoms with van der Waals surface area (Å²) >= 11 is 0. The summed E-state index contributed by atoms with van der Waals surface area (Å²) in [7, 11) is 0. The number of nitrogens with one attached hydrogen (secondary N) is 1. The van der Waals surface area contributed by atoms with Crippen molar-refractivity contribution in [2.75, 3.05) is 11.1 Å². The van der Waals surface area contributed by atoms with Crippen molar-refractivity contribution in [3.63, 3.8) is 0 Å². The average Bonchev–Trinajstić information content (AvgIpc) is 2.74. The lowest BCUT2D eigenvalue weighted by Crippen LogP contribution is -2.15. The molecule has 4 N–H and O–H groups in total. The monoisotopic (exact) mass is 399 g/mol. The number of phenols is 1. The van der Waals surface area contributed by atoms with E-state index in [1.54, 1.807) is 30.3 Å². The predicted octanol–water partition coefficient (Wildman–Crippen LogP) is 4.66. The number of carbonyl (C=O) groups is 1. The van der Waals surface area contributed by atoms with E-state index in [1.807, 2.05) is 49.4 Å². The van der Waals surface area contributed by atoms with Gasteiger partial charge in [-0.3, -0.25) is 9.78 Å². The molecule has 150 valence electrons. The van der Waals surface area contributed by atoms with Gasteiger partial charge in [0.25, 0.3) is 5.91 Å². The third-order valence-corrected chi connectivity index (χ3v) is 4.72. The van der Waals surface area contributed by atoms with Crippen LogP contribution in [-0.4, -0.2) is 16.0 Å². The summed E-state index contributed by atoms with van der Waals surface area (Å²) in [5.41, 5.74) is 10.3. The number of hydrogen-bond donors (Lipinski definition) is 3. The molecule has 4 rings (SSSR count). The van der Waals surface area contributed by atoms with Crippen molar-refractivity contribution in [1.82, 2.24) is 4.98 Å². The van der Waals surface area contributed by atoms with Crippen LogP contribution in [0.3, 0.4) is 0 Å². The van der Waals surface area contributed by atoms with E-state index in [2.05, 4.69) is 10.3 Å². The summed E-state index contributed by atoms with van der Waals surface area (Å²) in [5, 5.41) is 13.1. The minimum Gasteiger partial charge on any atom is -0.508 e. The zero-order valence-corrected chi connectivity index (χ0v) is 16.4. The van der Waals surface area contributed by atoms with Crippen LogP contribution in [0.5, 0.6) is 11.5 Å². The third-order valence-electron chi connectivity index (χ3n) is 4.72. The number of aromatic nitrogens is 1. The van der Waals surface area contributed by atoms with Crippen LogP contribution < -0.4 is 15.8 Å². The van der Waals surface area contributed by atoms with E-state index >= 15 is 0 Å². The average molecular weight is 399 g/mol. The highest BCUT2D eigenvalue weighted by Gasteiger charge is 2.13. The lowest BCUT2D eigenvalue weighted by molar-refractivity contribution is 0.102. The third kappa shape index (κ3) is 4.17. The molecule has 3 aromatic carbocycles. The van der Waals surface area contributed by atoms with E-state index in [4.69, 9.17) is 10.5 Å². The number of rotatable bonds is 5. The number of anilines is 2. The first-order valence-corrected chi connectivity index (χ1v) is 9.47. The fourth-order valence-corrected chi connectivity index (χ4v) is 3.24. The van der Waals surface area contributed by atoms with E-state index in [0.717, 1.165) is 22.2 Å². The van der Waals surface area contributed by atoms with Crippen LogP contribution in [0.15, 0.2) is 72.8 Å². The second-order valence-electron chi connectivity index (χ2n) is 6.98. The molecule has 30 heavy (non-hydrogen) atoms. The fourth-order valence-electron chi connectivity index (χ4n) is 3.24. The first kappa shape index (κ1) is 19.3. The minimum atomic E-state index is -0.238. The normalized spacial score (nSPS) is 10.7. The van der Waals surface area contributed by atoms with Gasteiger partial charge in [-0.1, -0.05) is 18.2 Å². The maximum absolute atomic E-state index is 12.9. The Balaban J connectivity index is 1.53. The zero-order valence-electron chi connectivity index (χ0n) is 16.4. The van der Waals surface area contributed by atoms with Crippen molar-refractivity contribution in [3.8, 4) is 11.5 Å². The van der Waals surface area contributed by atoms with Gasteiger partial charge in [-0.25, -0.2) is 0 Å². The van der Waals surface area contributed by atoms with Crippen molar-refractivity contribution < 1.29 is 14.6 Å². The first-order chi connectivity index (χ1) is 14.5. The molecule has 0 spiro atoms. The highest BCUT2D eigenvalue weighted by atomic mass is 16.5. The van der Waals surface area contributed by atoms with E-state index in [1.165, 1.54) is 0 Å². The van der Waals surface area contributed by atoms with Crippen molar-refractivity contribution in [1.29, 1.82) is 0 Å². The number of benzene rings is 3. The molecule has 6 heteroatoms. The largest absolute Gasteiger partial charge is 0.508 e. The summed E-state index contributed by atoms with van der Waals surface area (Å²) in [6, 6.07) is 21.0. The lowest BCUT2D eigenvalue weighted by Gasteiger charge is -2.12. The molecule has 0 aliphatic carbocycles. The molecule has 0 bridgehead atoms. The number of aromatic hydroxyl groups is 1. The zero-order chi connectivity index (χ0) is 21.1. The van der Waals surface area contributed by atoms with Gasteiger partial charge in [-0.05, 0) is 61.5 Å². The first-order valence-electron chi connectivity index (χ1n) is 9.47. The molecular weight excluding hydrogens is 378 g/mol. The second kappa shape index (κ2) is 8.13. The van der Waals surface area contributed by atoms with E-state index in [0.29, 0.717) is 22.7 Å². The van der Waals surface area contributed by atoms with Gasteiger partial charge in [-0.15, -0.1) is 0 Å². The van der Waals surface area contributed by atoms with Gasteiger partial charge in [0, 0.05) is 33.6 Å². The van der Waals surface area contributed by atoms with Crippen molar-refractivity contribution in [3.05, 3.63) is 89.6 Å². The number of hydrogen-bond acceptors (Lipinski definition) is 5. The molecule has 1 amide bonds. The SMILES string of the molecule is Cc1cc(N)c2cc(NC(=O)c3ccccc3COc3ccc(O)cc3)ccc2n1. The standard InChI is InChI=1S/C24H21N3O3/c1-15-12-22(25)21-13-17(6-11-23(21)26-15)27-24(29)20-5-3-2-4-16(20)14-30-19-9-7-18(28)8-10-19/h2-13,28H,14H2,1H3,(H2,25,26)(H,27,29). The Labute approximate surface area is 174 Å². The number of nitrogens with zero attached hydrogens (tertiary/aromatic N) is 1. The number of aryl methyl sites for hydroxylation is 1. The highest BCUT2D eigenvalue weighted by Crippen LogP contribution is 2.25. The van der Waals surface area contributed by atoms with E-state index in [-0.39, 0.29) is 18.3 Å². The molecule has 1 aromatic heterocycles. The summed E-state index contributed by atoms with van der Waals surface area (Å²) in [4.78, 5) is 17.4. The molecule has 0 saturated heterocycles. The second-order valence-corrected chi connectivity index (χ2v) is 6.98. The Morgan fingerprint density at radius 2 is 1.83 bits per heavy atom. The number of nitrogens with two attached hydrogens (primary N) is 1.